The summed E-state index contributed by atoms with van der Waals surface area (Å²) < 4.78 is -1.56. The fraction of sp³-hybridized carbons (Fsp3) is 0.636. The first-order chi connectivity index (χ1) is 12.3. The molecule has 1 aromatic carbocycles. The Hall–Kier alpha value is 0.563. The normalized spacial score (nSPS) is 21.9. The third kappa shape index (κ3) is 4.53. The van der Waals surface area contributed by atoms with Crippen LogP contribution in [0, 0.1) is 0 Å². The first-order valence-electron chi connectivity index (χ1n) is 10.5. The van der Waals surface area contributed by atoms with Crippen molar-refractivity contribution in [3.8, 4) is 0 Å². The van der Waals surface area contributed by atoms with Crippen LogP contribution in [-0.4, -0.2) is 11.3 Å². The summed E-state index contributed by atoms with van der Waals surface area (Å²) >= 11 is -0.867. The number of benzene rings is 1. The zero-order valence-electron chi connectivity index (χ0n) is 15.8. The van der Waals surface area contributed by atoms with Gasteiger partial charge in [0.25, 0.3) is 0 Å². The second kappa shape index (κ2) is 10.2. The van der Waals surface area contributed by atoms with Gasteiger partial charge >= 0.3 is 171 Å². The maximum absolute atomic E-state index is 7.16. The molecule has 0 atom stereocenters. The molecular weight excluding hydrogens is 422 g/mol. The van der Waals surface area contributed by atoms with Crippen molar-refractivity contribution in [1.29, 1.82) is 0 Å². The van der Waals surface area contributed by atoms with Crippen molar-refractivity contribution in [3.63, 3.8) is 0 Å². The van der Waals surface area contributed by atoms with E-state index in [0.717, 1.165) is 17.7 Å². The Morgan fingerprint density at radius 2 is 1.48 bits per heavy atom. The average molecular weight is 456 g/mol. The van der Waals surface area contributed by atoms with Crippen LogP contribution in [0.4, 0.5) is 0 Å². The van der Waals surface area contributed by atoms with Crippen LogP contribution in [0.2, 0.25) is 0 Å². The van der Waals surface area contributed by atoms with Crippen LogP contribution < -0.4 is 0 Å². The predicted molar refractivity (Wildman–Crippen MR) is 113 cm³/mol. The van der Waals surface area contributed by atoms with E-state index in [1.807, 2.05) is 0 Å². The summed E-state index contributed by atoms with van der Waals surface area (Å²) in [5, 5.41) is 1.79. The molecule has 2 aliphatic rings. The van der Waals surface area contributed by atoms with Gasteiger partial charge in [-0.1, -0.05) is 0 Å². The molecule has 3 heteroatoms. The topological polar surface area (TPSA) is 0 Å². The van der Waals surface area contributed by atoms with E-state index in [1.165, 1.54) is 69.8 Å². The Balaban J connectivity index is 2.07. The molecule has 0 unspecified atom stereocenters. The maximum atomic E-state index is 7.16. The Kier molecular flexibility index (Phi) is 8.28. The summed E-state index contributed by atoms with van der Waals surface area (Å²) in [6.07, 6.45) is 18.4. The van der Waals surface area contributed by atoms with E-state index in [9.17, 15) is 0 Å². The molecular formula is C22H34ClPZr. The number of halogens is 1. The summed E-state index contributed by atoms with van der Waals surface area (Å²) in [5.41, 5.74) is 3.48. The summed E-state index contributed by atoms with van der Waals surface area (Å²) in [7, 11) is 7.16. The van der Waals surface area contributed by atoms with Gasteiger partial charge < -0.3 is 0 Å². The van der Waals surface area contributed by atoms with Gasteiger partial charge in [-0.25, -0.2) is 0 Å². The first kappa shape index (κ1) is 20.3. The van der Waals surface area contributed by atoms with E-state index in [4.69, 9.17) is 8.51 Å². The van der Waals surface area contributed by atoms with E-state index in [0.29, 0.717) is 0 Å². The van der Waals surface area contributed by atoms with E-state index in [2.05, 4.69) is 43.3 Å². The standard InChI is InChI=1S/C22H33P.ClH.Zr/c1-2-12-22(19-13-6-3-7-14-19)23(20-15-8-4-9-16-20)21-17-10-5-11-18-21;;/h3,6-7,12-14,20-21H,2,4-5,8-11,15-18H2,1H3;1H;. The van der Waals surface area contributed by atoms with Gasteiger partial charge in [-0.2, -0.15) is 0 Å². The van der Waals surface area contributed by atoms with E-state index >= 15 is 0 Å². The van der Waals surface area contributed by atoms with Crippen LogP contribution in [0.25, 0.3) is 5.31 Å². The molecule has 0 spiro atoms. The van der Waals surface area contributed by atoms with Crippen LogP contribution >= 0.6 is 13.1 Å². The SMILES string of the molecule is CCC=C(c1ccccc1)[PH]([Zr][Cl])(C1CCCCC1)C1CCCCC1. The molecule has 0 aromatic heterocycles. The zero-order valence-corrected chi connectivity index (χ0v) is 20.0. The van der Waals surface area contributed by atoms with Crippen molar-refractivity contribution in [2.75, 3.05) is 0 Å². The van der Waals surface area contributed by atoms with Crippen LogP contribution in [0.1, 0.15) is 83.1 Å². The fourth-order valence-electron chi connectivity index (χ4n) is 5.44. The van der Waals surface area contributed by atoms with E-state index in [-0.39, 0.29) is 0 Å². The van der Waals surface area contributed by atoms with Crippen LogP contribution in [0.5, 0.6) is 0 Å². The van der Waals surface area contributed by atoms with Gasteiger partial charge in [-0.15, -0.1) is 0 Å². The molecule has 2 aliphatic carbocycles. The van der Waals surface area contributed by atoms with Gasteiger partial charge in [0.2, 0.25) is 0 Å². The Bertz CT molecular complexity index is 526. The molecule has 2 fully saturated rings. The zero-order chi connectivity index (χ0) is 17.5. The van der Waals surface area contributed by atoms with E-state index in [1.54, 1.807) is 5.31 Å². The molecule has 0 aliphatic heterocycles. The molecule has 2 saturated carbocycles. The molecule has 1 aromatic rings. The summed E-state index contributed by atoms with van der Waals surface area (Å²) in [4.78, 5) is 0. The second-order valence-electron chi connectivity index (χ2n) is 8.03. The Morgan fingerprint density at radius 3 is 1.92 bits per heavy atom. The first-order valence-corrected chi connectivity index (χ1v) is 19.5. The van der Waals surface area contributed by atoms with Crippen molar-refractivity contribution in [1.82, 2.24) is 0 Å². The molecule has 0 N–H and O–H groups in total. The molecule has 0 nitrogen and oxygen atoms in total. The van der Waals surface area contributed by atoms with Crippen molar-refractivity contribution in [2.24, 2.45) is 0 Å². The van der Waals surface area contributed by atoms with Crippen molar-refractivity contribution in [2.45, 2.75) is 88.9 Å². The molecule has 0 heterocycles. The van der Waals surface area contributed by atoms with Gasteiger partial charge in [0.1, 0.15) is 0 Å². The van der Waals surface area contributed by atoms with Gasteiger partial charge in [-0.3, -0.25) is 0 Å². The number of hydrogen-bond donors (Lipinski definition) is 0. The van der Waals surface area contributed by atoms with Gasteiger partial charge in [-0.05, 0) is 0 Å². The molecule has 0 amide bonds. The van der Waals surface area contributed by atoms with Gasteiger partial charge in [0.05, 0.1) is 0 Å². The molecule has 0 bridgehead atoms. The predicted octanol–water partition coefficient (Wildman–Crippen LogP) is 8.00. The average Bonchev–Trinajstić information content (AvgIpc) is 2.70. The second-order valence-corrected chi connectivity index (χ2v) is 23.0. The van der Waals surface area contributed by atoms with Crippen LogP contribution in [-0.2, 0) is 21.5 Å². The Morgan fingerprint density at radius 1 is 0.960 bits per heavy atom. The molecule has 0 saturated heterocycles. The Labute approximate surface area is 169 Å². The fourth-order valence-corrected chi connectivity index (χ4v) is 27.6. The summed E-state index contributed by atoms with van der Waals surface area (Å²) in [6, 6.07) is 11.4. The quantitative estimate of drug-likeness (QED) is 0.381. The summed E-state index contributed by atoms with van der Waals surface area (Å²) in [5.74, 6) is 0. The monoisotopic (exact) mass is 454 g/mol. The van der Waals surface area contributed by atoms with Gasteiger partial charge in [0, 0.05) is 0 Å². The third-order valence-electron chi connectivity index (χ3n) is 6.59. The molecule has 25 heavy (non-hydrogen) atoms. The van der Waals surface area contributed by atoms with E-state index < -0.39 is 26.0 Å². The molecule has 0 radical (unpaired) electrons. The number of rotatable bonds is 6. The van der Waals surface area contributed by atoms with Gasteiger partial charge in [0.15, 0.2) is 0 Å². The number of allylic oxidation sites excluding steroid dienone is 1. The molecule has 138 valence electrons. The van der Waals surface area contributed by atoms with Crippen molar-refractivity contribution in [3.05, 3.63) is 42.0 Å². The third-order valence-corrected chi connectivity index (χ3v) is 27.9. The van der Waals surface area contributed by atoms with Crippen molar-refractivity contribution < 1.29 is 21.5 Å². The minimum atomic E-state index is -1.56. The van der Waals surface area contributed by atoms with Crippen LogP contribution in [0.3, 0.4) is 0 Å². The van der Waals surface area contributed by atoms with Crippen LogP contribution in [0.15, 0.2) is 36.4 Å². The van der Waals surface area contributed by atoms with Crippen molar-refractivity contribution >= 4 is 18.4 Å². The number of hydrogen-bond acceptors (Lipinski definition) is 0. The summed E-state index contributed by atoms with van der Waals surface area (Å²) in [6.45, 7) is 2.32. The minimum absolute atomic E-state index is 0.867. The molecule has 3 rings (SSSR count).